The van der Waals surface area contributed by atoms with E-state index in [0.717, 1.165) is 44.8 Å². The SMILES string of the molecule is CCC(CC)CN1CCC(CN2C(=O)C(=O)NC[C@@H]2[C@@H](C)CC)CC1. The molecule has 2 saturated heterocycles. The third kappa shape index (κ3) is 5.19. The van der Waals surface area contributed by atoms with Crippen molar-refractivity contribution in [2.24, 2.45) is 17.8 Å². The van der Waals surface area contributed by atoms with Crippen LogP contribution in [0.15, 0.2) is 0 Å². The summed E-state index contributed by atoms with van der Waals surface area (Å²) in [6.07, 6.45) is 5.81. The van der Waals surface area contributed by atoms with Crippen molar-refractivity contribution in [1.82, 2.24) is 15.1 Å². The number of carbonyl (C=O) groups excluding carboxylic acids is 2. The Morgan fingerprint density at radius 3 is 2.28 bits per heavy atom. The van der Waals surface area contributed by atoms with Gasteiger partial charge in [-0.25, -0.2) is 0 Å². The fraction of sp³-hybridized carbons (Fsp3) is 0.900. The maximum Gasteiger partial charge on any atom is 0.312 e. The van der Waals surface area contributed by atoms with Gasteiger partial charge in [0.25, 0.3) is 0 Å². The highest BCUT2D eigenvalue weighted by Gasteiger charge is 2.37. The van der Waals surface area contributed by atoms with Crippen LogP contribution in [0.25, 0.3) is 0 Å². The number of hydrogen-bond acceptors (Lipinski definition) is 3. The zero-order valence-electron chi connectivity index (χ0n) is 16.6. The molecule has 2 rings (SSSR count). The average Bonchev–Trinajstić information content (AvgIpc) is 2.64. The van der Waals surface area contributed by atoms with Crippen molar-refractivity contribution in [3.8, 4) is 0 Å². The summed E-state index contributed by atoms with van der Waals surface area (Å²) in [5.41, 5.74) is 0. The van der Waals surface area contributed by atoms with Gasteiger partial charge in [-0.1, -0.05) is 47.0 Å². The molecule has 0 saturated carbocycles. The third-order valence-corrected chi connectivity index (χ3v) is 6.46. The largest absolute Gasteiger partial charge is 0.346 e. The van der Waals surface area contributed by atoms with Crippen LogP contribution in [0.1, 0.15) is 59.8 Å². The lowest BCUT2D eigenvalue weighted by Gasteiger charge is -2.42. The van der Waals surface area contributed by atoms with E-state index in [-0.39, 0.29) is 11.9 Å². The number of nitrogens with zero attached hydrogens (tertiary/aromatic N) is 2. The van der Waals surface area contributed by atoms with E-state index in [1.54, 1.807) is 0 Å². The fourth-order valence-corrected chi connectivity index (χ4v) is 4.20. The number of carbonyl (C=O) groups is 2. The van der Waals surface area contributed by atoms with Gasteiger partial charge in [-0.2, -0.15) is 0 Å². The first-order valence-electron chi connectivity index (χ1n) is 10.3. The smallest absolute Gasteiger partial charge is 0.312 e. The second kappa shape index (κ2) is 9.56. The summed E-state index contributed by atoms with van der Waals surface area (Å²) in [7, 11) is 0. The van der Waals surface area contributed by atoms with E-state index in [2.05, 4.69) is 37.9 Å². The van der Waals surface area contributed by atoms with E-state index in [1.807, 2.05) is 4.90 Å². The molecule has 144 valence electrons. The third-order valence-electron chi connectivity index (χ3n) is 6.46. The second-order valence-electron chi connectivity index (χ2n) is 8.05. The number of piperidine rings is 1. The Kier molecular flexibility index (Phi) is 7.73. The Hall–Kier alpha value is -1.10. The molecule has 2 aliphatic heterocycles. The summed E-state index contributed by atoms with van der Waals surface area (Å²) in [5, 5.41) is 2.77. The number of hydrogen-bond donors (Lipinski definition) is 1. The minimum Gasteiger partial charge on any atom is -0.346 e. The van der Waals surface area contributed by atoms with E-state index in [9.17, 15) is 9.59 Å². The molecule has 0 radical (unpaired) electrons. The molecule has 2 atom stereocenters. The predicted molar refractivity (Wildman–Crippen MR) is 101 cm³/mol. The highest BCUT2D eigenvalue weighted by atomic mass is 16.2. The lowest BCUT2D eigenvalue weighted by atomic mass is 9.91. The van der Waals surface area contributed by atoms with Crippen molar-refractivity contribution in [3.63, 3.8) is 0 Å². The zero-order valence-corrected chi connectivity index (χ0v) is 16.6. The van der Waals surface area contributed by atoms with Crippen molar-refractivity contribution in [2.45, 2.75) is 65.8 Å². The van der Waals surface area contributed by atoms with Crippen molar-refractivity contribution in [2.75, 3.05) is 32.7 Å². The Bertz CT molecular complexity index is 442. The van der Waals surface area contributed by atoms with Gasteiger partial charge in [-0.3, -0.25) is 9.59 Å². The quantitative estimate of drug-likeness (QED) is 0.684. The molecular formula is C20H37N3O2. The van der Waals surface area contributed by atoms with Crippen LogP contribution in [-0.4, -0.2) is 60.4 Å². The normalized spacial score (nSPS) is 24.7. The van der Waals surface area contributed by atoms with Gasteiger partial charge in [0, 0.05) is 19.6 Å². The summed E-state index contributed by atoms with van der Waals surface area (Å²) < 4.78 is 0. The van der Waals surface area contributed by atoms with Crippen LogP contribution in [0.5, 0.6) is 0 Å². The Morgan fingerprint density at radius 1 is 1.08 bits per heavy atom. The molecule has 0 aromatic rings. The minimum absolute atomic E-state index is 0.151. The van der Waals surface area contributed by atoms with Gasteiger partial charge in [0.05, 0.1) is 6.04 Å². The van der Waals surface area contributed by atoms with Gasteiger partial charge in [-0.05, 0) is 43.7 Å². The number of nitrogens with one attached hydrogen (secondary N) is 1. The molecule has 0 aromatic carbocycles. The van der Waals surface area contributed by atoms with Gasteiger partial charge < -0.3 is 15.1 Å². The van der Waals surface area contributed by atoms with Crippen molar-refractivity contribution in [3.05, 3.63) is 0 Å². The summed E-state index contributed by atoms with van der Waals surface area (Å²) in [6, 6.07) is 0.151. The van der Waals surface area contributed by atoms with Gasteiger partial charge >= 0.3 is 11.8 Å². The number of amides is 2. The van der Waals surface area contributed by atoms with E-state index in [0.29, 0.717) is 18.4 Å². The van der Waals surface area contributed by atoms with Crippen LogP contribution >= 0.6 is 0 Å². The Balaban J connectivity index is 1.89. The molecule has 25 heavy (non-hydrogen) atoms. The molecule has 5 nitrogen and oxygen atoms in total. The molecule has 5 heteroatoms. The molecule has 2 amide bonds. The van der Waals surface area contributed by atoms with Gasteiger partial charge in [-0.15, -0.1) is 0 Å². The van der Waals surface area contributed by atoms with E-state index < -0.39 is 5.91 Å². The zero-order chi connectivity index (χ0) is 18.4. The first-order chi connectivity index (χ1) is 12.0. The van der Waals surface area contributed by atoms with Gasteiger partial charge in [0.2, 0.25) is 0 Å². The summed E-state index contributed by atoms with van der Waals surface area (Å²) >= 11 is 0. The van der Waals surface area contributed by atoms with Gasteiger partial charge in [0.15, 0.2) is 0 Å². The maximum atomic E-state index is 12.4. The first kappa shape index (κ1) is 20.2. The molecule has 0 unspecified atom stereocenters. The average molecular weight is 352 g/mol. The van der Waals surface area contributed by atoms with Crippen LogP contribution in [0, 0.1) is 17.8 Å². The Labute approximate surface area is 153 Å². The molecule has 0 aromatic heterocycles. The molecule has 2 fully saturated rings. The van der Waals surface area contributed by atoms with Crippen LogP contribution in [0.3, 0.4) is 0 Å². The lowest BCUT2D eigenvalue weighted by Crippen LogP contribution is -2.61. The number of rotatable bonds is 8. The summed E-state index contributed by atoms with van der Waals surface area (Å²) in [6.45, 7) is 13.7. The van der Waals surface area contributed by atoms with E-state index in [1.165, 1.54) is 19.4 Å². The maximum absolute atomic E-state index is 12.4. The molecule has 2 heterocycles. The predicted octanol–water partition coefficient (Wildman–Crippen LogP) is 2.51. The topological polar surface area (TPSA) is 52.7 Å². The minimum atomic E-state index is -0.425. The molecular weight excluding hydrogens is 314 g/mol. The molecule has 1 N–H and O–H groups in total. The van der Waals surface area contributed by atoms with Crippen LogP contribution in [-0.2, 0) is 9.59 Å². The number of likely N-dealkylation sites (tertiary alicyclic amines) is 1. The Morgan fingerprint density at radius 2 is 1.72 bits per heavy atom. The summed E-state index contributed by atoms with van der Waals surface area (Å²) in [4.78, 5) is 28.7. The highest BCUT2D eigenvalue weighted by Crippen LogP contribution is 2.24. The molecule has 0 bridgehead atoms. The van der Waals surface area contributed by atoms with E-state index in [4.69, 9.17) is 0 Å². The lowest BCUT2D eigenvalue weighted by molar-refractivity contribution is -0.152. The van der Waals surface area contributed by atoms with Crippen LogP contribution in [0.2, 0.25) is 0 Å². The standard InChI is InChI=1S/C20H37N3O2/c1-5-15(4)18-12-21-19(24)20(25)23(18)14-17-8-10-22(11-9-17)13-16(6-2)7-3/h15-18H,5-14H2,1-4H3,(H,21,24)/t15-,18+/m0/s1. The molecule has 2 aliphatic rings. The fourth-order valence-electron chi connectivity index (χ4n) is 4.20. The van der Waals surface area contributed by atoms with Gasteiger partial charge in [0.1, 0.15) is 0 Å². The highest BCUT2D eigenvalue weighted by molar-refractivity contribution is 6.35. The number of piperazine rings is 1. The summed E-state index contributed by atoms with van der Waals surface area (Å²) in [5.74, 6) is 0.999. The molecule has 0 aliphatic carbocycles. The first-order valence-corrected chi connectivity index (χ1v) is 10.3. The van der Waals surface area contributed by atoms with E-state index >= 15 is 0 Å². The molecule has 0 spiro atoms. The van der Waals surface area contributed by atoms with Crippen molar-refractivity contribution < 1.29 is 9.59 Å². The van der Waals surface area contributed by atoms with Crippen molar-refractivity contribution >= 4 is 11.8 Å². The van der Waals surface area contributed by atoms with Crippen LogP contribution in [0.4, 0.5) is 0 Å². The van der Waals surface area contributed by atoms with Crippen LogP contribution < -0.4 is 5.32 Å². The monoisotopic (exact) mass is 351 g/mol. The second-order valence-corrected chi connectivity index (χ2v) is 8.05. The van der Waals surface area contributed by atoms with Crippen molar-refractivity contribution in [1.29, 1.82) is 0 Å².